The van der Waals surface area contributed by atoms with Crippen LogP contribution in [0.1, 0.15) is 49.9 Å². The molecule has 0 spiro atoms. The number of fused-ring (bicyclic) bond motifs is 2. The Hall–Kier alpha value is -1.62. The molecular formula is C18H23FO4. The lowest BCUT2D eigenvalue weighted by molar-refractivity contribution is -0.156. The quantitative estimate of drug-likeness (QED) is 0.802. The first-order chi connectivity index (χ1) is 10.9. The van der Waals surface area contributed by atoms with Crippen molar-refractivity contribution in [2.75, 3.05) is 0 Å². The topological polar surface area (TPSA) is 55.8 Å². The minimum atomic E-state index is -1.11. The molecule has 2 aliphatic carbocycles. The Bertz CT molecular complexity index is 586. The maximum Gasteiger partial charge on any atom is 0.335 e. The van der Waals surface area contributed by atoms with E-state index in [2.05, 4.69) is 0 Å². The summed E-state index contributed by atoms with van der Waals surface area (Å²) in [5, 5.41) is 9.04. The van der Waals surface area contributed by atoms with Gasteiger partial charge in [0.2, 0.25) is 6.29 Å². The lowest BCUT2D eigenvalue weighted by atomic mass is 9.97. The zero-order valence-electron chi connectivity index (χ0n) is 13.5. The number of benzene rings is 1. The van der Waals surface area contributed by atoms with Crippen LogP contribution in [0.25, 0.3) is 0 Å². The van der Waals surface area contributed by atoms with Crippen molar-refractivity contribution >= 4 is 5.97 Å². The maximum absolute atomic E-state index is 13.9. The molecule has 2 saturated carbocycles. The van der Waals surface area contributed by atoms with E-state index in [0.29, 0.717) is 5.92 Å². The van der Waals surface area contributed by atoms with Crippen molar-refractivity contribution in [2.24, 2.45) is 17.8 Å². The molecule has 3 rings (SSSR count). The fourth-order valence-electron chi connectivity index (χ4n) is 3.70. The van der Waals surface area contributed by atoms with E-state index < -0.39 is 18.1 Å². The van der Waals surface area contributed by atoms with Crippen LogP contribution in [-0.2, 0) is 4.74 Å². The van der Waals surface area contributed by atoms with E-state index in [4.69, 9.17) is 14.6 Å². The summed E-state index contributed by atoms with van der Waals surface area (Å²) < 4.78 is 25.8. The predicted octanol–water partition coefficient (Wildman–Crippen LogP) is 4.09. The summed E-state index contributed by atoms with van der Waals surface area (Å²) in [5.41, 5.74) is 0.00355. The molecule has 4 atom stereocenters. The summed E-state index contributed by atoms with van der Waals surface area (Å²) in [6.07, 6.45) is 4.35. The fraction of sp³-hybridized carbons (Fsp3) is 0.611. The molecule has 4 nitrogen and oxygen atoms in total. The third-order valence-electron chi connectivity index (χ3n) is 4.95. The van der Waals surface area contributed by atoms with Crippen molar-refractivity contribution in [3.63, 3.8) is 0 Å². The first-order valence-corrected chi connectivity index (χ1v) is 8.29. The van der Waals surface area contributed by atoms with Gasteiger partial charge in [-0.2, -0.15) is 0 Å². The molecule has 5 heteroatoms. The van der Waals surface area contributed by atoms with Crippen LogP contribution in [-0.4, -0.2) is 23.5 Å². The Morgan fingerprint density at radius 3 is 2.65 bits per heavy atom. The van der Waals surface area contributed by atoms with Crippen molar-refractivity contribution < 1.29 is 23.8 Å². The Labute approximate surface area is 135 Å². The molecule has 1 N–H and O–H groups in total. The van der Waals surface area contributed by atoms with E-state index in [9.17, 15) is 9.18 Å². The normalized spacial score (nSPS) is 27.4. The Morgan fingerprint density at radius 2 is 2.09 bits per heavy atom. The lowest BCUT2D eigenvalue weighted by Crippen LogP contribution is -2.34. The molecule has 0 aliphatic heterocycles. The number of halogens is 1. The van der Waals surface area contributed by atoms with Crippen molar-refractivity contribution in [1.29, 1.82) is 0 Å². The number of hydrogen-bond donors (Lipinski definition) is 1. The molecule has 2 aliphatic rings. The van der Waals surface area contributed by atoms with Crippen LogP contribution in [0.2, 0.25) is 0 Å². The highest BCUT2D eigenvalue weighted by molar-refractivity contribution is 5.88. The van der Waals surface area contributed by atoms with E-state index >= 15 is 0 Å². The van der Waals surface area contributed by atoms with Gasteiger partial charge in [-0.05, 0) is 55.7 Å². The van der Waals surface area contributed by atoms with Crippen LogP contribution in [0.5, 0.6) is 5.75 Å². The maximum atomic E-state index is 13.9. The van der Waals surface area contributed by atoms with E-state index in [1.165, 1.54) is 31.4 Å². The summed E-state index contributed by atoms with van der Waals surface area (Å²) in [6, 6.07) is 3.57. The largest absolute Gasteiger partial charge is 0.478 e. The van der Waals surface area contributed by atoms with Gasteiger partial charge in [0, 0.05) is 5.92 Å². The third-order valence-corrected chi connectivity index (χ3v) is 4.95. The summed E-state index contributed by atoms with van der Waals surface area (Å²) in [5.74, 6) is -0.360. The van der Waals surface area contributed by atoms with Gasteiger partial charge in [-0.3, -0.25) is 0 Å². The van der Waals surface area contributed by atoms with Gasteiger partial charge in [0.05, 0.1) is 11.7 Å². The summed E-state index contributed by atoms with van der Waals surface area (Å²) >= 11 is 0. The standard InChI is InChI=1S/C18H23FO4/c1-10(2)18(22-15-8-11-3-4-12(15)7-11)23-16-9-13(17(20)21)5-6-14(16)19/h5-6,9-12,15,18H,3-4,7-8H2,1-2H3,(H,20,21). The summed E-state index contributed by atoms with van der Waals surface area (Å²) in [6.45, 7) is 3.91. The molecule has 0 saturated heterocycles. The minimum Gasteiger partial charge on any atom is -0.478 e. The average Bonchev–Trinajstić information content (AvgIpc) is 3.10. The highest BCUT2D eigenvalue weighted by Gasteiger charge is 2.41. The van der Waals surface area contributed by atoms with Crippen molar-refractivity contribution in [1.82, 2.24) is 0 Å². The Balaban J connectivity index is 1.72. The molecule has 2 fully saturated rings. The fourth-order valence-corrected chi connectivity index (χ4v) is 3.70. The minimum absolute atomic E-state index is 0.00355. The molecule has 0 heterocycles. The zero-order chi connectivity index (χ0) is 16.6. The third kappa shape index (κ3) is 3.50. The first-order valence-electron chi connectivity index (χ1n) is 8.29. The second-order valence-corrected chi connectivity index (χ2v) is 7.03. The zero-order valence-corrected chi connectivity index (χ0v) is 13.5. The molecule has 0 aromatic heterocycles. The van der Waals surface area contributed by atoms with E-state index in [1.807, 2.05) is 13.8 Å². The number of aromatic carboxylic acids is 1. The second-order valence-electron chi connectivity index (χ2n) is 7.03. The van der Waals surface area contributed by atoms with E-state index in [1.54, 1.807) is 0 Å². The smallest absolute Gasteiger partial charge is 0.335 e. The van der Waals surface area contributed by atoms with Gasteiger partial charge in [0.25, 0.3) is 0 Å². The molecule has 0 radical (unpaired) electrons. The molecule has 0 amide bonds. The Morgan fingerprint density at radius 1 is 1.30 bits per heavy atom. The van der Waals surface area contributed by atoms with Crippen molar-refractivity contribution in [3.8, 4) is 5.75 Å². The average molecular weight is 322 g/mol. The molecule has 126 valence electrons. The van der Waals surface area contributed by atoms with E-state index in [-0.39, 0.29) is 23.3 Å². The SMILES string of the molecule is CC(C)C(Oc1cc(C(=O)O)ccc1F)OC1CC2CCC1C2. The van der Waals surface area contributed by atoms with Crippen LogP contribution in [0.3, 0.4) is 0 Å². The van der Waals surface area contributed by atoms with Crippen LogP contribution >= 0.6 is 0 Å². The van der Waals surface area contributed by atoms with Gasteiger partial charge in [0.1, 0.15) is 0 Å². The molecular weight excluding hydrogens is 299 g/mol. The number of ether oxygens (including phenoxy) is 2. The van der Waals surface area contributed by atoms with E-state index in [0.717, 1.165) is 18.4 Å². The molecule has 1 aromatic rings. The highest BCUT2D eigenvalue weighted by atomic mass is 19.1. The van der Waals surface area contributed by atoms with Crippen LogP contribution < -0.4 is 4.74 Å². The highest BCUT2D eigenvalue weighted by Crippen LogP contribution is 2.46. The molecule has 4 unspecified atom stereocenters. The predicted molar refractivity (Wildman–Crippen MR) is 82.9 cm³/mol. The number of carboxylic acid groups (broad SMARTS) is 1. The van der Waals surface area contributed by atoms with Gasteiger partial charge in [-0.25, -0.2) is 9.18 Å². The van der Waals surface area contributed by atoms with Gasteiger partial charge in [0.15, 0.2) is 11.6 Å². The second kappa shape index (κ2) is 6.48. The van der Waals surface area contributed by atoms with Gasteiger partial charge >= 0.3 is 5.97 Å². The van der Waals surface area contributed by atoms with Crippen LogP contribution in [0.4, 0.5) is 4.39 Å². The molecule has 2 bridgehead atoms. The first kappa shape index (κ1) is 16.2. The van der Waals surface area contributed by atoms with Gasteiger partial charge in [-0.15, -0.1) is 0 Å². The summed E-state index contributed by atoms with van der Waals surface area (Å²) in [7, 11) is 0. The number of hydrogen-bond acceptors (Lipinski definition) is 3. The number of carboxylic acids is 1. The summed E-state index contributed by atoms with van der Waals surface area (Å²) in [4.78, 5) is 11.0. The van der Waals surface area contributed by atoms with Gasteiger partial charge < -0.3 is 14.6 Å². The lowest BCUT2D eigenvalue weighted by Gasteiger charge is -2.30. The monoisotopic (exact) mass is 322 g/mol. The van der Waals surface area contributed by atoms with Crippen LogP contribution in [0, 0.1) is 23.6 Å². The Kier molecular flexibility index (Phi) is 4.57. The van der Waals surface area contributed by atoms with Crippen molar-refractivity contribution in [2.45, 2.75) is 51.9 Å². The van der Waals surface area contributed by atoms with Crippen LogP contribution in [0.15, 0.2) is 18.2 Å². The van der Waals surface area contributed by atoms with Crippen molar-refractivity contribution in [3.05, 3.63) is 29.6 Å². The number of rotatable bonds is 6. The molecule has 23 heavy (non-hydrogen) atoms. The number of carbonyl (C=O) groups is 1. The molecule has 1 aromatic carbocycles. The van der Waals surface area contributed by atoms with Gasteiger partial charge in [-0.1, -0.05) is 13.8 Å².